The topological polar surface area (TPSA) is 78.8 Å². The lowest BCUT2D eigenvalue weighted by molar-refractivity contribution is 0.0965. The van der Waals surface area contributed by atoms with Crippen LogP contribution < -0.4 is 9.64 Å². The van der Waals surface area contributed by atoms with Crippen LogP contribution in [0.1, 0.15) is 25.7 Å². The van der Waals surface area contributed by atoms with Crippen molar-refractivity contribution in [1.29, 1.82) is 0 Å². The molecule has 2 saturated heterocycles. The van der Waals surface area contributed by atoms with Crippen LogP contribution in [0, 0.1) is 0 Å². The van der Waals surface area contributed by atoms with Crippen molar-refractivity contribution in [2.45, 2.75) is 43.8 Å². The molecular weight excluding hydrogens is 380 g/mol. The molecule has 1 unspecified atom stereocenters. The van der Waals surface area contributed by atoms with Crippen LogP contribution in [0.25, 0.3) is 11.3 Å². The minimum Gasteiger partial charge on any atom is -0.496 e. The molecule has 1 N–H and O–H groups in total. The van der Waals surface area contributed by atoms with E-state index in [9.17, 15) is 9.90 Å². The van der Waals surface area contributed by atoms with Crippen molar-refractivity contribution in [2.75, 3.05) is 19.1 Å². The number of hydrogen-bond donors (Lipinski definition) is 1. The lowest BCUT2D eigenvalue weighted by Crippen LogP contribution is -2.51. The summed E-state index contributed by atoms with van der Waals surface area (Å²) in [6.45, 7) is 0. The van der Waals surface area contributed by atoms with Crippen LogP contribution in [0.4, 0.5) is 10.6 Å². The number of nitrogens with zero attached hydrogens (tertiary/aromatic N) is 4. The first kappa shape index (κ1) is 18.8. The summed E-state index contributed by atoms with van der Waals surface area (Å²) in [6, 6.07) is 9.76. The van der Waals surface area contributed by atoms with Crippen LogP contribution in [-0.2, 0) is 0 Å². The van der Waals surface area contributed by atoms with Crippen LogP contribution in [0.15, 0.2) is 30.3 Å². The van der Waals surface area contributed by atoms with Gasteiger partial charge in [0.1, 0.15) is 5.75 Å². The average molecular weight is 403 g/mol. The number of hydrogen-bond acceptors (Lipinski definition) is 5. The maximum atomic E-state index is 11.5. The Bertz CT molecular complexity index is 862. The van der Waals surface area contributed by atoms with E-state index in [1.807, 2.05) is 25.2 Å². The first-order valence-corrected chi connectivity index (χ1v) is 9.77. The molecule has 1 amide bonds. The Morgan fingerprint density at radius 1 is 1.21 bits per heavy atom. The molecule has 1 aromatic carbocycles. The number of methoxy groups -OCH3 is 1. The van der Waals surface area contributed by atoms with Crippen LogP contribution in [0.5, 0.6) is 5.75 Å². The van der Waals surface area contributed by atoms with Gasteiger partial charge >= 0.3 is 6.09 Å². The van der Waals surface area contributed by atoms with Gasteiger partial charge in [-0.2, -0.15) is 0 Å². The Labute approximate surface area is 168 Å². The van der Waals surface area contributed by atoms with Crippen LogP contribution in [0.3, 0.4) is 0 Å². The predicted octanol–water partition coefficient (Wildman–Crippen LogP) is 3.92. The van der Waals surface area contributed by atoms with E-state index in [0.717, 1.165) is 37.1 Å². The Balaban J connectivity index is 1.51. The zero-order chi connectivity index (χ0) is 19.8. The fourth-order valence-electron chi connectivity index (χ4n) is 4.50. The van der Waals surface area contributed by atoms with Crippen molar-refractivity contribution < 1.29 is 14.6 Å². The Kier molecular flexibility index (Phi) is 5.02. The summed E-state index contributed by atoms with van der Waals surface area (Å²) in [4.78, 5) is 15.2. The molecule has 3 heterocycles. The van der Waals surface area contributed by atoms with E-state index in [1.165, 1.54) is 0 Å². The second-order valence-corrected chi connectivity index (χ2v) is 7.87. The summed E-state index contributed by atoms with van der Waals surface area (Å²) in [5, 5.41) is 18.8. The summed E-state index contributed by atoms with van der Waals surface area (Å²) in [7, 11) is 3.61. The first-order chi connectivity index (χ1) is 13.5. The second kappa shape index (κ2) is 7.47. The predicted molar refractivity (Wildman–Crippen MR) is 107 cm³/mol. The molecular formula is C20H23ClN4O3. The molecule has 0 aliphatic carbocycles. The van der Waals surface area contributed by atoms with E-state index in [0.29, 0.717) is 16.5 Å². The Morgan fingerprint density at radius 3 is 2.50 bits per heavy atom. The quantitative estimate of drug-likeness (QED) is 0.835. The van der Waals surface area contributed by atoms with Gasteiger partial charge in [0.15, 0.2) is 5.82 Å². The number of anilines is 1. The first-order valence-electron chi connectivity index (χ1n) is 9.39. The summed E-state index contributed by atoms with van der Waals surface area (Å²) in [5.41, 5.74) is 1.55. The third-order valence-corrected chi connectivity index (χ3v) is 6.16. The minimum absolute atomic E-state index is 0.106. The van der Waals surface area contributed by atoms with Crippen LogP contribution in [0.2, 0.25) is 5.02 Å². The average Bonchev–Trinajstić information content (AvgIpc) is 2.98. The summed E-state index contributed by atoms with van der Waals surface area (Å²) in [5.74, 6) is 1.44. The van der Waals surface area contributed by atoms with E-state index in [-0.39, 0.29) is 18.1 Å². The number of piperidine rings is 1. The highest BCUT2D eigenvalue weighted by Crippen LogP contribution is 2.38. The molecule has 2 aliphatic heterocycles. The summed E-state index contributed by atoms with van der Waals surface area (Å²) >= 11 is 6.03. The number of benzene rings is 1. The molecule has 2 aliphatic rings. The van der Waals surface area contributed by atoms with E-state index >= 15 is 0 Å². The number of halogens is 1. The van der Waals surface area contributed by atoms with Gasteiger partial charge < -0.3 is 19.6 Å². The number of amides is 1. The molecule has 2 fully saturated rings. The third-order valence-electron chi connectivity index (χ3n) is 5.93. The van der Waals surface area contributed by atoms with E-state index in [4.69, 9.17) is 16.3 Å². The number of rotatable bonds is 4. The van der Waals surface area contributed by atoms with Crippen molar-refractivity contribution >= 4 is 23.5 Å². The molecule has 1 aromatic heterocycles. The smallest absolute Gasteiger partial charge is 0.407 e. The van der Waals surface area contributed by atoms with Gasteiger partial charge in [-0.05, 0) is 56.0 Å². The van der Waals surface area contributed by atoms with Gasteiger partial charge in [0.25, 0.3) is 0 Å². The van der Waals surface area contributed by atoms with Gasteiger partial charge in [0.2, 0.25) is 0 Å². The highest BCUT2D eigenvalue weighted by Gasteiger charge is 2.44. The number of ether oxygens (including phenoxy) is 1. The Hall–Kier alpha value is -2.54. The molecule has 28 heavy (non-hydrogen) atoms. The maximum absolute atomic E-state index is 11.5. The summed E-state index contributed by atoms with van der Waals surface area (Å²) in [6.07, 6.45) is 2.75. The molecule has 3 atom stereocenters. The molecule has 0 radical (unpaired) electrons. The van der Waals surface area contributed by atoms with Gasteiger partial charge in [0, 0.05) is 35.8 Å². The van der Waals surface area contributed by atoms with Crippen molar-refractivity contribution in [3.8, 4) is 17.0 Å². The molecule has 148 valence electrons. The molecule has 2 bridgehead atoms. The van der Waals surface area contributed by atoms with E-state index in [1.54, 1.807) is 24.1 Å². The van der Waals surface area contributed by atoms with Crippen LogP contribution >= 0.6 is 11.6 Å². The monoisotopic (exact) mass is 402 g/mol. The van der Waals surface area contributed by atoms with Crippen LogP contribution in [-0.4, -0.2) is 58.6 Å². The standard InChI is InChI=1S/C20H23ClN4O3/c1-24(15-10-13-4-5-14(11-15)25(13)20(26)27)19-8-7-17(22-23-19)16-6-3-12(21)9-18(16)28-2/h3,6-9,13-15H,4-5,10-11H2,1-2H3,(H,26,27)/t13-,14+,15?. The molecule has 0 spiro atoms. The molecule has 4 rings (SSSR count). The van der Waals surface area contributed by atoms with Gasteiger partial charge in [-0.1, -0.05) is 11.6 Å². The normalized spacial score (nSPS) is 23.5. The lowest BCUT2D eigenvalue weighted by atomic mass is 9.96. The van der Waals surface area contributed by atoms with Gasteiger partial charge in [-0.25, -0.2) is 4.79 Å². The van der Waals surface area contributed by atoms with Gasteiger partial charge in [-0.3, -0.25) is 0 Å². The summed E-state index contributed by atoms with van der Waals surface area (Å²) < 4.78 is 5.40. The van der Waals surface area contributed by atoms with Crippen molar-refractivity contribution in [2.24, 2.45) is 0 Å². The van der Waals surface area contributed by atoms with Gasteiger partial charge in [-0.15, -0.1) is 10.2 Å². The fourth-order valence-corrected chi connectivity index (χ4v) is 4.66. The number of carbonyl (C=O) groups is 1. The Morgan fingerprint density at radius 2 is 1.93 bits per heavy atom. The highest BCUT2D eigenvalue weighted by atomic mass is 35.5. The molecule has 8 heteroatoms. The molecule has 0 saturated carbocycles. The second-order valence-electron chi connectivity index (χ2n) is 7.43. The maximum Gasteiger partial charge on any atom is 0.407 e. The number of fused-ring (bicyclic) bond motifs is 2. The van der Waals surface area contributed by atoms with Crippen molar-refractivity contribution in [3.05, 3.63) is 35.4 Å². The van der Waals surface area contributed by atoms with Crippen molar-refractivity contribution in [3.63, 3.8) is 0 Å². The minimum atomic E-state index is -0.797. The molecule has 7 nitrogen and oxygen atoms in total. The largest absolute Gasteiger partial charge is 0.496 e. The third kappa shape index (κ3) is 3.35. The zero-order valence-electron chi connectivity index (χ0n) is 15.9. The van der Waals surface area contributed by atoms with E-state index < -0.39 is 6.09 Å². The van der Waals surface area contributed by atoms with E-state index in [2.05, 4.69) is 15.1 Å². The van der Waals surface area contributed by atoms with Crippen molar-refractivity contribution in [1.82, 2.24) is 15.1 Å². The molecule has 2 aromatic rings. The lowest BCUT2D eigenvalue weighted by Gasteiger charge is -2.41. The highest BCUT2D eigenvalue weighted by molar-refractivity contribution is 6.30. The van der Waals surface area contributed by atoms with Gasteiger partial charge in [0.05, 0.1) is 12.8 Å². The number of carboxylic acid groups (broad SMARTS) is 1. The number of aromatic nitrogens is 2. The SMILES string of the molecule is COc1cc(Cl)ccc1-c1ccc(N(C)C2C[C@H]3CC[C@@H](C2)N3C(=O)O)nn1. The zero-order valence-corrected chi connectivity index (χ0v) is 16.6. The fraction of sp³-hybridized carbons (Fsp3) is 0.450.